The van der Waals surface area contributed by atoms with Crippen LogP contribution in [0.4, 0.5) is 0 Å². The standard InChI is InChI=1S/C15H24N2O/c1-5-17(14(18)15(3,4)11-16)10-13-8-6-7-12(2)9-13/h6-9H,5,10-11,16H2,1-4H3. The van der Waals surface area contributed by atoms with E-state index in [1.807, 2.05) is 31.7 Å². The molecule has 0 spiro atoms. The third-order valence-corrected chi connectivity index (χ3v) is 3.21. The van der Waals surface area contributed by atoms with Crippen molar-refractivity contribution in [2.24, 2.45) is 11.1 Å². The molecule has 100 valence electrons. The Morgan fingerprint density at radius 2 is 2.06 bits per heavy atom. The highest BCUT2D eigenvalue weighted by molar-refractivity contribution is 5.82. The Kier molecular flexibility index (Phi) is 4.91. The van der Waals surface area contributed by atoms with Crippen molar-refractivity contribution in [1.29, 1.82) is 0 Å². The molecule has 0 aliphatic heterocycles. The van der Waals surface area contributed by atoms with E-state index in [-0.39, 0.29) is 5.91 Å². The van der Waals surface area contributed by atoms with E-state index in [2.05, 4.69) is 25.1 Å². The lowest BCUT2D eigenvalue weighted by Gasteiger charge is -2.30. The summed E-state index contributed by atoms with van der Waals surface area (Å²) in [5.41, 5.74) is 7.57. The van der Waals surface area contributed by atoms with Crippen molar-refractivity contribution in [3.05, 3.63) is 35.4 Å². The smallest absolute Gasteiger partial charge is 0.229 e. The number of amides is 1. The molecule has 0 aliphatic carbocycles. The van der Waals surface area contributed by atoms with Gasteiger partial charge in [0, 0.05) is 19.6 Å². The maximum atomic E-state index is 12.4. The molecule has 0 saturated heterocycles. The average Bonchev–Trinajstić information content (AvgIpc) is 2.35. The summed E-state index contributed by atoms with van der Waals surface area (Å²) in [6.07, 6.45) is 0. The van der Waals surface area contributed by atoms with Crippen LogP contribution in [0.2, 0.25) is 0 Å². The van der Waals surface area contributed by atoms with Crippen LogP contribution in [0, 0.1) is 12.3 Å². The van der Waals surface area contributed by atoms with E-state index >= 15 is 0 Å². The van der Waals surface area contributed by atoms with Crippen LogP contribution in [0.1, 0.15) is 31.9 Å². The predicted octanol–water partition coefficient (Wildman–Crippen LogP) is 2.33. The third-order valence-electron chi connectivity index (χ3n) is 3.21. The van der Waals surface area contributed by atoms with E-state index in [4.69, 9.17) is 5.73 Å². The topological polar surface area (TPSA) is 46.3 Å². The van der Waals surface area contributed by atoms with E-state index in [0.717, 1.165) is 5.56 Å². The molecule has 0 bridgehead atoms. The van der Waals surface area contributed by atoms with Gasteiger partial charge in [0.2, 0.25) is 5.91 Å². The molecule has 0 unspecified atom stereocenters. The molecule has 0 radical (unpaired) electrons. The number of hydrogen-bond acceptors (Lipinski definition) is 2. The first-order valence-corrected chi connectivity index (χ1v) is 6.45. The Balaban J connectivity index is 2.82. The highest BCUT2D eigenvalue weighted by atomic mass is 16.2. The van der Waals surface area contributed by atoms with Crippen molar-refractivity contribution in [1.82, 2.24) is 4.90 Å². The van der Waals surface area contributed by atoms with Gasteiger partial charge in [0.15, 0.2) is 0 Å². The minimum absolute atomic E-state index is 0.119. The highest BCUT2D eigenvalue weighted by Gasteiger charge is 2.29. The lowest BCUT2D eigenvalue weighted by Crippen LogP contribution is -2.44. The van der Waals surface area contributed by atoms with Gasteiger partial charge >= 0.3 is 0 Å². The second-order valence-corrected chi connectivity index (χ2v) is 5.40. The first kappa shape index (κ1) is 14.7. The summed E-state index contributed by atoms with van der Waals surface area (Å²) in [7, 11) is 0. The predicted molar refractivity (Wildman–Crippen MR) is 75.1 cm³/mol. The first-order chi connectivity index (χ1) is 8.40. The highest BCUT2D eigenvalue weighted by Crippen LogP contribution is 2.19. The fourth-order valence-electron chi connectivity index (χ4n) is 1.87. The van der Waals surface area contributed by atoms with E-state index < -0.39 is 5.41 Å². The average molecular weight is 248 g/mol. The van der Waals surface area contributed by atoms with Crippen LogP contribution >= 0.6 is 0 Å². The first-order valence-electron chi connectivity index (χ1n) is 6.45. The van der Waals surface area contributed by atoms with Gasteiger partial charge in [-0.25, -0.2) is 0 Å². The minimum Gasteiger partial charge on any atom is -0.338 e. The fraction of sp³-hybridized carbons (Fsp3) is 0.533. The molecule has 0 atom stereocenters. The lowest BCUT2D eigenvalue weighted by molar-refractivity contribution is -0.140. The zero-order chi connectivity index (χ0) is 13.8. The van der Waals surface area contributed by atoms with E-state index in [1.54, 1.807) is 0 Å². The van der Waals surface area contributed by atoms with Crippen molar-refractivity contribution in [3.8, 4) is 0 Å². The van der Waals surface area contributed by atoms with Crippen LogP contribution in [-0.2, 0) is 11.3 Å². The van der Waals surface area contributed by atoms with Gasteiger partial charge in [-0.3, -0.25) is 4.79 Å². The zero-order valence-electron chi connectivity index (χ0n) is 11.9. The second kappa shape index (κ2) is 6.01. The molecule has 0 aliphatic rings. The van der Waals surface area contributed by atoms with Crippen LogP contribution in [0.5, 0.6) is 0 Å². The van der Waals surface area contributed by atoms with Crippen molar-refractivity contribution in [2.75, 3.05) is 13.1 Å². The second-order valence-electron chi connectivity index (χ2n) is 5.40. The molecule has 2 N–H and O–H groups in total. The van der Waals surface area contributed by atoms with Crippen LogP contribution < -0.4 is 5.73 Å². The van der Waals surface area contributed by atoms with E-state index in [9.17, 15) is 4.79 Å². The molecule has 3 nitrogen and oxygen atoms in total. The van der Waals surface area contributed by atoms with E-state index in [1.165, 1.54) is 5.56 Å². The van der Waals surface area contributed by atoms with Gasteiger partial charge in [-0.1, -0.05) is 29.8 Å². The number of carbonyl (C=O) groups is 1. The van der Waals surface area contributed by atoms with Crippen LogP contribution in [0.25, 0.3) is 0 Å². The summed E-state index contributed by atoms with van der Waals surface area (Å²) in [5.74, 6) is 0.119. The number of rotatable bonds is 5. The van der Waals surface area contributed by atoms with E-state index in [0.29, 0.717) is 19.6 Å². The number of carbonyl (C=O) groups excluding carboxylic acids is 1. The van der Waals surface area contributed by atoms with Gasteiger partial charge in [0.25, 0.3) is 0 Å². The molecule has 1 amide bonds. The SMILES string of the molecule is CCN(Cc1cccc(C)c1)C(=O)C(C)(C)CN. The quantitative estimate of drug-likeness (QED) is 0.869. The summed E-state index contributed by atoms with van der Waals surface area (Å²) >= 11 is 0. The summed E-state index contributed by atoms with van der Waals surface area (Å²) < 4.78 is 0. The Morgan fingerprint density at radius 3 is 2.56 bits per heavy atom. The molecule has 0 saturated carbocycles. The van der Waals surface area contributed by atoms with Gasteiger partial charge in [0.1, 0.15) is 0 Å². The van der Waals surface area contributed by atoms with Gasteiger partial charge in [-0.05, 0) is 33.3 Å². The third kappa shape index (κ3) is 3.57. The Bertz CT molecular complexity index is 413. The largest absolute Gasteiger partial charge is 0.338 e. The normalized spacial score (nSPS) is 11.4. The fourth-order valence-corrected chi connectivity index (χ4v) is 1.87. The molecule has 18 heavy (non-hydrogen) atoms. The molecular weight excluding hydrogens is 224 g/mol. The number of hydrogen-bond donors (Lipinski definition) is 1. The summed E-state index contributed by atoms with van der Waals surface area (Å²) in [6.45, 7) is 9.58. The number of nitrogens with zero attached hydrogens (tertiary/aromatic N) is 1. The Morgan fingerprint density at radius 1 is 1.39 bits per heavy atom. The number of nitrogens with two attached hydrogens (primary N) is 1. The van der Waals surface area contributed by atoms with Gasteiger partial charge < -0.3 is 10.6 Å². The summed E-state index contributed by atoms with van der Waals surface area (Å²) in [5, 5.41) is 0. The molecular formula is C15H24N2O. The molecule has 0 fully saturated rings. The molecule has 1 aromatic rings. The zero-order valence-corrected chi connectivity index (χ0v) is 11.9. The van der Waals surface area contributed by atoms with Crippen molar-refractivity contribution in [3.63, 3.8) is 0 Å². The Labute approximate surface area is 110 Å². The van der Waals surface area contributed by atoms with Crippen LogP contribution in [0.15, 0.2) is 24.3 Å². The number of benzene rings is 1. The minimum atomic E-state index is -0.486. The van der Waals surface area contributed by atoms with Gasteiger partial charge in [0.05, 0.1) is 5.41 Å². The van der Waals surface area contributed by atoms with Crippen LogP contribution in [0.3, 0.4) is 0 Å². The van der Waals surface area contributed by atoms with Crippen molar-refractivity contribution >= 4 is 5.91 Å². The maximum Gasteiger partial charge on any atom is 0.229 e. The summed E-state index contributed by atoms with van der Waals surface area (Å²) in [6, 6.07) is 8.26. The Hall–Kier alpha value is -1.35. The molecule has 3 heteroatoms. The van der Waals surface area contributed by atoms with Crippen molar-refractivity contribution in [2.45, 2.75) is 34.2 Å². The molecule has 0 heterocycles. The molecule has 1 aromatic carbocycles. The lowest BCUT2D eigenvalue weighted by atomic mass is 9.91. The maximum absolute atomic E-state index is 12.4. The molecule has 1 rings (SSSR count). The van der Waals surface area contributed by atoms with Gasteiger partial charge in [-0.15, -0.1) is 0 Å². The van der Waals surface area contributed by atoms with Gasteiger partial charge in [-0.2, -0.15) is 0 Å². The van der Waals surface area contributed by atoms with Crippen LogP contribution in [-0.4, -0.2) is 23.9 Å². The number of aryl methyl sites for hydroxylation is 1. The van der Waals surface area contributed by atoms with Crippen molar-refractivity contribution < 1.29 is 4.79 Å². The summed E-state index contributed by atoms with van der Waals surface area (Å²) in [4.78, 5) is 14.2. The molecule has 0 aromatic heterocycles. The monoisotopic (exact) mass is 248 g/mol.